The van der Waals surface area contributed by atoms with Gasteiger partial charge in [-0.15, -0.1) is 0 Å². The summed E-state index contributed by atoms with van der Waals surface area (Å²) in [5.74, 6) is 0.871. The highest BCUT2D eigenvalue weighted by molar-refractivity contribution is 5.72. The van der Waals surface area contributed by atoms with Crippen molar-refractivity contribution < 1.29 is 19.4 Å². The monoisotopic (exact) mass is 334 g/mol. The van der Waals surface area contributed by atoms with E-state index in [9.17, 15) is 4.79 Å². The van der Waals surface area contributed by atoms with Gasteiger partial charge in [-0.2, -0.15) is 0 Å². The van der Waals surface area contributed by atoms with Gasteiger partial charge in [0.15, 0.2) is 6.10 Å². The van der Waals surface area contributed by atoms with E-state index in [4.69, 9.17) is 14.6 Å². The Morgan fingerprint density at radius 1 is 0.760 bits per heavy atom. The van der Waals surface area contributed by atoms with Gasteiger partial charge in [0.2, 0.25) is 0 Å². The minimum Gasteiger partial charge on any atom is -0.479 e. The predicted molar refractivity (Wildman–Crippen MR) is 96.1 cm³/mol. The molecule has 1 atom stereocenters. The number of hydrogen-bond acceptors (Lipinski definition) is 3. The molecule has 0 radical (unpaired) electrons. The molecule has 3 aromatic rings. The summed E-state index contributed by atoms with van der Waals surface area (Å²) in [7, 11) is 0. The topological polar surface area (TPSA) is 55.8 Å². The summed E-state index contributed by atoms with van der Waals surface area (Å²) in [4.78, 5) is 10.8. The molecule has 3 rings (SSSR count). The average molecular weight is 334 g/mol. The number of carboxylic acids is 1. The first-order chi connectivity index (χ1) is 12.1. The molecule has 0 saturated carbocycles. The van der Waals surface area contributed by atoms with Crippen molar-refractivity contribution >= 4 is 5.97 Å². The SMILES string of the molecule is CC(Oc1ccc(Oc2ccc(-c3ccccc3)cc2)cc1)C(=O)O. The van der Waals surface area contributed by atoms with Crippen LogP contribution in [0.3, 0.4) is 0 Å². The van der Waals surface area contributed by atoms with Crippen LogP contribution in [0.15, 0.2) is 78.9 Å². The largest absolute Gasteiger partial charge is 0.479 e. The number of carboxylic acid groups (broad SMARTS) is 1. The summed E-state index contributed by atoms with van der Waals surface area (Å²) in [6.07, 6.45) is -0.891. The normalized spacial score (nSPS) is 11.6. The lowest BCUT2D eigenvalue weighted by Crippen LogP contribution is -2.22. The first-order valence-electron chi connectivity index (χ1n) is 7.95. The number of carbonyl (C=O) groups is 1. The van der Waals surface area contributed by atoms with Gasteiger partial charge in [0.25, 0.3) is 0 Å². The first kappa shape index (κ1) is 16.6. The van der Waals surface area contributed by atoms with Gasteiger partial charge in [0.05, 0.1) is 0 Å². The van der Waals surface area contributed by atoms with Crippen LogP contribution >= 0.6 is 0 Å². The average Bonchev–Trinajstić information content (AvgIpc) is 2.64. The van der Waals surface area contributed by atoms with E-state index in [0.29, 0.717) is 11.5 Å². The summed E-state index contributed by atoms with van der Waals surface area (Å²) in [5, 5.41) is 8.85. The van der Waals surface area contributed by atoms with Crippen LogP contribution in [0.25, 0.3) is 11.1 Å². The zero-order valence-corrected chi connectivity index (χ0v) is 13.8. The smallest absolute Gasteiger partial charge is 0.344 e. The van der Waals surface area contributed by atoms with Crippen molar-refractivity contribution in [1.29, 1.82) is 0 Å². The molecule has 0 heterocycles. The second-order valence-corrected chi connectivity index (χ2v) is 5.56. The minimum absolute atomic E-state index is 0.488. The van der Waals surface area contributed by atoms with Crippen molar-refractivity contribution in [3.8, 4) is 28.4 Å². The maximum Gasteiger partial charge on any atom is 0.344 e. The zero-order chi connectivity index (χ0) is 17.6. The highest BCUT2D eigenvalue weighted by Gasteiger charge is 2.12. The maximum atomic E-state index is 10.8. The van der Waals surface area contributed by atoms with Crippen LogP contribution in [-0.2, 0) is 4.79 Å². The van der Waals surface area contributed by atoms with Crippen LogP contribution in [0.2, 0.25) is 0 Å². The van der Waals surface area contributed by atoms with Gasteiger partial charge in [-0.05, 0) is 54.4 Å². The zero-order valence-electron chi connectivity index (χ0n) is 13.8. The van der Waals surface area contributed by atoms with Gasteiger partial charge >= 0.3 is 5.97 Å². The fourth-order valence-corrected chi connectivity index (χ4v) is 2.32. The molecule has 0 aliphatic carbocycles. The van der Waals surface area contributed by atoms with Crippen molar-refractivity contribution in [3.05, 3.63) is 78.9 Å². The Kier molecular flexibility index (Phi) is 5.00. The third kappa shape index (κ3) is 4.38. The second-order valence-electron chi connectivity index (χ2n) is 5.56. The van der Waals surface area contributed by atoms with Gasteiger partial charge in [-0.3, -0.25) is 0 Å². The van der Waals surface area contributed by atoms with Crippen LogP contribution in [0, 0.1) is 0 Å². The standard InChI is InChI=1S/C21H18O4/c1-15(21(22)23)24-18-11-13-20(14-12-18)25-19-9-7-17(8-10-19)16-5-3-2-4-6-16/h2-15H,1H3,(H,22,23). The third-order valence-electron chi connectivity index (χ3n) is 3.68. The molecule has 4 heteroatoms. The van der Waals surface area contributed by atoms with Gasteiger partial charge in [0.1, 0.15) is 17.2 Å². The van der Waals surface area contributed by atoms with E-state index in [1.54, 1.807) is 24.3 Å². The molecule has 0 aromatic heterocycles. The maximum absolute atomic E-state index is 10.8. The van der Waals surface area contributed by atoms with Crippen LogP contribution < -0.4 is 9.47 Å². The van der Waals surface area contributed by atoms with E-state index < -0.39 is 12.1 Å². The van der Waals surface area contributed by atoms with Crippen LogP contribution in [0.5, 0.6) is 17.2 Å². The molecule has 1 N–H and O–H groups in total. The highest BCUT2D eigenvalue weighted by Crippen LogP contribution is 2.27. The molecule has 0 bridgehead atoms. The highest BCUT2D eigenvalue weighted by atomic mass is 16.5. The van der Waals surface area contributed by atoms with Crippen molar-refractivity contribution in [1.82, 2.24) is 0 Å². The van der Waals surface area contributed by atoms with E-state index in [1.165, 1.54) is 6.92 Å². The third-order valence-corrected chi connectivity index (χ3v) is 3.68. The Bertz CT molecular complexity index is 824. The van der Waals surface area contributed by atoms with Crippen molar-refractivity contribution in [2.75, 3.05) is 0 Å². The van der Waals surface area contributed by atoms with Gasteiger partial charge in [0, 0.05) is 0 Å². The molecule has 126 valence electrons. The van der Waals surface area contributed by atoms with Gasteiger partial charge in [-0.1, -0.05) is 42.5 Å². The van der Waals surface area contributed by atoms with Crippen LogP contribution in [0.1, 0.15) is 6.92 Å². The Morgan fingerprint density at radius 2 is 1.24 bits per heavy atom. The molecule has 25 heavy (non-hydrogen) atoms. The Morgan fingerprint density at radius 3 is 1.80 bits per heavy atom. The lowest BCUT2D eigenvalue weighted by Gasteiger charge is -2.11. The number of aliphatic carboxylic acids is 1. The number of rotatable bonds is 6. The first-order valence-corrected chi connectivity index (χ1v) is 7.95. The van der Waals surface area contributed by atoms with E-state index in [-0.39, 0.29) is 0 Å². The van der Waals surface area contributed by atoms with E-state index in [1.807, 2.05) is 42.5 Å². The molecule has 0 aliphatic rings. The van der Waals surface area contributed by atoms with E-state index in [2.05, 4.69) is 12.1 Å². The van der Waals surface area contributed by atoms with Crippen LogP contribution in [-0.4, -0.2) is 17.2 Å². The van der Waals surface area contributed by atoms with Crippen LogP contribution in [0.4, 0.5) is 0 Å². The Labute approximate surface area is 146 Å². The number of benzene rings is 3. The summed E-state index contributed by atoms with van der Waals surface area (Å²) < 4.78 is 11.1. The lowest BCUT2D eigenvalue weighted by molar-refractivity contribution is -0.144. The molecule has 3 aromatic carbocycles. The van der Waals surface area contributed by atoms with Crippen molar-refractivity contribution in [2.24, 2.45) is 0 Å². The fourth-order valence-electron chi connectivity index (χ4n) is 2.32. The quantitative estimate of drug-likeness (QED) is 0.689. The molecule has 0 aliphatic heterocycles. The number of ether oxygens (including phenoxy) is 2. The molecule has 4 nitrogen and oxygen atoms in total. The molecule has 0 saturated heterocycles. The summed E-state index contributed by atoms with van der Waals surface area (Å²) in [6, 6.07) is 24.9. The molecule has 0 spiro atoms. The van der Waals surface area contributed by atoms with Gasteiger partial charge < -0.3 is 14.6 Å². The summed E-state index contributed by atoms with van der Waals surface area (Å²) in [5.41, 5.74) is 2.28. The minimum atomic E-state index is -1.00. The van der Waals surface area contributed by atoms with Crippen molar-refractivity contribution in [2.45, 2.75) is 13.0 Å². The molecule has 1 unspecified atom stereocenters. The lowest BCUT2D eigenvalue weighted by atomic mass is 10.1. The molecular weight excluding hydrogens is 316 g/mol. The Balaban J connectivity index is 1.65. The van der Waals surface area contributed by atoms with E-state index >= 15 is 0 Å². The summed E-state index contributed by atoms with van der Waals surface area (Å²) in [6.45, 7) is 1.49. The van der Waals surface area contributed by atoms with Crippen molar-refractivity contribution in [3.63, 3.8) is 0 Å². The molecular formula is C21H18O4. The summed E-state index contributed by atoms with van der Waals surface area (Å²) >= 11 is 0. The number of hydrogen-bond donors (Lipinski definition) is 1. The fraction of sp³-hybridized carbons (Fsp3) is 0.0952. The second kappa shape index (κ2) is 7.53. The van der Waals surface area contributed by atoms with E-state index in [0.717, 1.165) is 16.9 Å². The molecule has 0 fully saturated rings. The predicted octanol–water partition coefficient (Wildman–Crippen LogP) is 5.00. The Hall–Kier alpha value is -3.27. The molecule has 0 amide bonds. The van der Waals surface area contributed by atoms with Gasteiger partial charge in [-0.25, -0.2) is 4.79 Å².